The van der Waals surface area contributed by atoms with Crippen molar-refractivity contribution >= 4 is 0 Å². The minimum Gasteiger partial charge on any atom is -0.324 e. The molecular formula is C12H28N+. The Balaban J connectivity index is 3.81. The molecule has 0 amide bonds. The van der Waals surface area contributed by atoms with Crippen molar-refractivity contribution in [1.29, 1.82) is 0 Å². The maximum Gasteiger partial charge on any atom is 0.0786 e. The topological polar surface area (TPSA) is 0 Å². The van der Waals surface area contributed by atoms with Crippen LogP contribution < -0.4 is 0 Å². The summed E-state index contributed by atoms with van der Waals surface area (Å²) in [5.74, 6) is 0.868. The summed E-state index contributed by atoms with van der Waals surface area (Å²) in [6, 6.07) is 0. The molecule has 0 aromatic rings. The molecule has 0 unspecified atom stereocenters. The summed E-state index contributed by atoms with van der Waals surface area (Å²) in [5.41, 5.74) is 0. The van der Waals surface area contributed by atoms with Crippen LogP contribution in [0.2, 0.25) is 0 Å². The van der Waals surface area contributed by atoms with Gasteiger partial charge in [-0.3, -0.25) is 0 Å². The lowest BCUT2D eigenvalue weighted by atomic mass is 10.1. The van der Waals surface area contributed by atoms with Crippen molar-refractivity contribution in [2.75, 3.05) is 26.2 Å². The van der Waals surface area contributed by atoms with E-state index < -0.39 is 0 Å². The van der Waals surface area contributed by atoms with Crippen LogP contribution in [0, 0.1) is 5.92 Å². The summed E-state index contributed by atoms with van der Waals surface area (Å²) >= 11 is 0. The molecule has 0 saturated carbocycles. The van der Waals surface area contributed by atoms with Crippen LogP contribution in [0.1, 0.15) is 47.5 Å². The van der Waals surface area contributed by atoms with Gasteiger partial charge in [-0.2, -0.15) is 0 Å². The van der Waals surface area contributed by atoms with Crippen LogP contribution >= 0.6 is 0 Å². The van der Waals surface area contributed by atoms with Gasteiger partial charge in [-0.25, -0.2) is 0 Å². The quantitative estimate of drug-likeness (QED) is 0.535. The maximum absolute atomic E-state index is 2.32. The van der Waals surface area contributed by atoms with Crippen molar-refractivity contribution in [2.24, 2.45) is 5.92 Å². The van der Waals surface area contributed by atoms with Crippen molar-refractivity contribution in [3.8, 4) is 0 Å². The molecule has 1 nitrogen and oxygen atoms in total. The van der Waals surface area contributed by atoms with E-state index >= 15 is 0 Å². The van der Waals surface area contributed by atoms with Gasteiger partial charge in [-0.15, -0.1) is 0 Å². The Kier molecular flexibility index (Phi) is 6.40. The normalized spacial score (nSPS) is 12.5. The van der Waals surface area contributed by atoms with Crippen LogP contribution in [0.15, 0.2) is 0 Å². The highest BCUT2D eigenvalue weighted by molar-refractivity contribution is 4.46. The molecule has 0 aliphatic heterocycles. The van der Waals surface area contributed by atoms with Gasteiger partial charge in [0.15, 0.2) is 0 Å². The largest absolute Gasteiger partial charge is 0.324 e. The molecule has 0 heterocycles. The lowest BCUT2D eigenvalue weighted by Gasteiger charge is -2.36. The fraction of sp³-hybridized carbons (Fsp3) is 1.00. The maximum atomic E-state index is 2.32. The van der Waals surface area contributed by atoms with Crippen molar-refractivity contribution in [1.82, 2.24) is 0 Å². The average Bonchev–Trinajstić information content (AvgIpc) is 2.13. The highest BCUT2D eigenvalue weighted by Gasteiger charge is 2.19. The predicted molar refractivity (Wildman–Crippen MR) is 60.8 cm³/mol. The second kappa shape index (κ2) is 6.42. The highest BCUT2D eigenvalue weighted by Crippen LogP contribution is 2.11. The van der Waals surface area contributed by atoms with Gasteiger partial charge in [-0.1, -0.05) is 13.8 Å². The molecular weight excluding hydrogens is 158 g/mol. The van der Waals surface area contributed by atoms with E-state index in [1.54, 1.807) is 0 Å². The molecule has 0 saturated heterocycles. The lowest BCUT2D eigenvalue weighted by Crippen LogP contribution is -2.48. The van der Waals surface area contributed by atoms with Crippen LogP contribution in [0.3, 0.4) is 0 Å². The Morgan fingerprint density at radius 1 is 0.923 bits per heavy atom. The number of hydrogen-bond acceptors (Lipinski definition) is 0. The molecule has 0 aromatic carbocycles. The van der Waals surface area contributed by atoms with Crippen LogP contribution in [0.4, 0.5) is 0 Å². The number of rotatable bonds is 7. The van der Waals surface area contributed by atoms with E-state index in [0.717, 1.165) is 5.92 Å². The van der Waals surface area contributed by atoms with E-state index in [0.29, 0.717) is 0 Å². The monoisotopic (exact) mass is 186 g/mol. The molecule has 0 aromatic heterocycles. The third-order valence-electron chi connectivity index (χ3n) is 3.43. The van der Waals surface area contributed by atoms with Crippen molar-refractivity contribution in [2.45, 2.75) is 47.5 Å². The molecule has 0 N–H and O–H groups in total. The fourth-order valence-corrected chi connectivity index (χ4v) is 1.98. The molecule has 0 fully saturated rings. The summed E-state index contributed by atoms with van der Waals surface area (Å²) in [4.78, 5) is 0. The Labute approximate surface area is 84.7 Å². The minimum absolute atomic E-state index is 0.868. The van der Waals surface area contributed by atoms with Crippen LogP contribution in [-0.2, 0) is 0 Å². The van der Waals surface area contributed by atoms with E-state index in [1.807, 2.05) is 0 Å². The predicted octanol–water partition coefficient (Wildman–Crippen LogP) is 3.30. The van der Waals surface area contributed by atoms with Crippen LogP contribution in [-0.4, -0.2) is 30.7 Å². The summed E-state index contributed by atoms with van der Waals surface area (Å²) in [7, 11) is 0. The molecule has 13 heavy (non-hydrogen) atoms. The molecule has 0 bridgehead atoms. The SMILES string of the molecule is CC[N+](CC)(CC)CCCC(C)C. The Hall–Kier alpha value is -0.0400. The minimum atomic E-state index is 0.868. The molecule has 0 rings (SSSR count). The van der Waals surface area contributed by atoms with Gasteiger partial charge in [0.25, 0.3) is 0 Å². The Morgan fingerprint density at radius 3 is 1.69 bits per heavy atom. The summed E-state index contributed by atoms with van der Waals surface area (Å²) in [6.07, 6.45) is 2.78. The number of hydrogen-bond donors (Lipinski definition) is 0. The van der Waals surface area contributed by atoms with Gasteiger partial charge in [0.05, 0.1) is 26.2 Å². The number of nitrogens with zero attached hydrogens (tertiary/aromatic N) is 1. The van der Waals surface area contributed by atoms with E-state index in [-0.39, 0.29) is 0 Å². The van der Waals surface area contributed by atoms with Gasteiger partial charge in [0.1, 0.15) is 0 Å². The second-order valence-corrected chi connectivity index (χ2v) is 4.55. The summed E-state index contributed by atoms with van der Waals surface area (Å²) < 4.78 is 1.31. The van der Waals surface area contributed by atoms with Crippen molar-refractivity contribution in [3.63, 3.8) is 0 Å². The van der Waals surface area contributed by atoms with Crippen molar-refractivity contribution in [3.05, 3.63) is 0 Å². The van der Waals surface area contributed by atoms with Crippen LogP contribution in [0.5, 0.6) is 0 Å². The van der Waals surface area contributed by atoms with Gasteiger partial charge < -0.3 is 4.48 Å². The van der Waals surface area contributed by atoms with Gasteiger partial charge >= 0.3 is 0 Å². The van der Waals surface area contributed by atoms with E-state index in [9.17, 15) is 0 Å². The molecule has 0 aliphatic carbocycles. The highest BCUT2D eigenvalue weighted by atomic mass is 15.3. The molecule has 80 valence electrons. The zero-order valence-corrected chi connectivity index (χ0v) is 10.3. The first-order valence-electron chi connectivity index (χ1n) is 5.95. The number of quaternary nitrogens is 1. The van der Waals surface area contributed by atoms with Gasteiger partial charge in [0.2, 0.25) is 0 Å². The standard InChI is InChI=1S/C12H28N/c1-6-13(7-2,8-3)11-9-10-12(4)5/h12H,6-11H2,1-5H3/q+1. The fourth-order valence-electron chi connectivity index (χ4n) is 1.98. The molecule has 0 atom stereocenters. The van der Waals surface area contributed by atoms with Crippen LogP contribution in [0.25, 0.3) is 0 Å². The third-order valence-corrected chi connectivity index (χ3v) is 3.43. The molecule has 0 spiro atoms. The average molecular weight is 186 g/mol. The second-order valence-electron chi connectivity index (χ2n) is 4.55. The lowest BCUT2D eigenvalue weighted by molar-refractivity contribution is -0.923. The Bertz CT molecular complexity index is 106. The van der Waals surface area contributed by atoms with Gasteiger partial charge in [-0.05, 0) is 39.5 Å². The smallest absolute Gasteiger partial charge is 0.0786 e. The summed E-state index contributed by atoms with van der Waals surface area (Å²) in [5, 5.41) is 0. The summed E-state index contributed by atoms with van der Waals surface area (Å²) in [6.45, 7) is 16.9. The van der Waals surface area contributed by atoms with Gasteiger partial charge in [0, 0.05) is 0 Å². The van der Waals surface area contributed by atoms with E-state index in [2.05, 4.69) is 34.6 Å². The first-order valence-corrected chi connectivity index (χ1v) is 5.95. The Morgan fingerprint density at radius 2 is 1.38 bits per heavy atom. The van der Waals surface area contributed by atoms with E-state index in [4.69, 9.17) is 0 Å². The molecule has 1 heteroatoms. The first-order chi connectivity index (χ1) is 6.10. The van der Waals surface area contributed by atoms with E-state index in [1.165, 1.54) is 43.5 Å². The third kappa shape index (κ3) is 4.66. The molecule has 0 radical (unpaired) electrons. The first kappa shape index (κ1) is 13.0. The molecule has 0 aliphatic rings. The van der Waals surface area contributed by atoms with Crippen molar-refractivity contribution < 1.29 is 4.48 Å². The zero-order valence-electron chi connectivity index (χ0n) is 10.3. The zero-order chi connectivity index (χ0) is 10.3.